The number of rotatable bonds is 5. The second kappa shape index (κ2) is 8.87. The molecule has 7 nitrogen and oxygen atoms in total. The summed E-state index contributed by atoms with van der Waals surface area (Å²) in [5.41, 5.74) is 7.77. The zero-order chi connectivity index (χ0) is 19.4. The highest BCUT2D eigenvalue weighted by molar-refractivity contribution is 5.77. The van der Waals surface area contributed by atoms with E-state index in [1.807, 2.05) is 25.8 Å². The Morgan fingerprint density at radius 1 is 1.11 bits per heavy atom. The van der Waals surface area contributed by atoms with Crippen LogP contribution in [0.15, 0.2) is 0 Å². The van der Waals surface area contributed by atoms with Crippen molar-refractivity contribution < 1.29 is 9.53 Å². The number of carbonyl (C=O) groups is 1. The Morgan fingerprint density at radius 2 is 1.70 bits per heavy atom. The molecule has 1 amide bonds. The summed E-state index contributed by atoms with van der Waals surface area (Å²) >= 11 is 0. The molecule has 1 saturated carbocycles. The third-order valence-electron chi connectivity index (χ3n) is 6.16. The van der Waals surface area contributed by atoms with Crippen LogP contribution in [-0.2, 0) is 4.79 Å². The van der Waals surface area contributed by atoms with E-state index >= 15 is 0 Å². The molecule has 7 heteroatoms. The normalized spacial score (nSPS) is 19.8. The minimum Gasteiger partial charge on any atom is -0.453 e. The van der Waals surface area contributed by atoms with E-state index in [9.17, 15) is 4.79 Å². The Bertz CT molecular complexity index is 629. The number of amides is 1. The molecule has 0 bridgehead atoms. The summed E-state index contributed by atoms with van der Waals surface area (Å²) in [6, 6.07) is 1.27. The molecule has 1 saturated heterocycles. The summed E-state index contributed by atoms with van der Waals surface area (Å²) in [4.78, 5) is 25.4. The number of nitrogens with zero attached hydrogens (tertiary/aromatic N) is 4. The van der Waals surface area contributed by atoms with E-state index in [1.54, 1.807) is 0 Å². The monoisotopic (exact) mass is 375 g/mol. The summed E-state index contributed by atoms with van der Waals surface area (Å²) in [7, 11) is 1.88. The number of anilines is 1. The number of aryl methyl sites for hydroxylation is 2. The predicted octanol–water partition coefficient (Wildman–Crippen LogP) is 2.31. The maximum absolute atomic E-state index is 12.5. The Hall–Kier alpha value is -1.89. The fourth-order valence-corrected chi connectivity index (χ4v) is 4.27. The zero-order valence-corrected chi connectivity index (χ0v) is 16.9. The second-order valence-corrected chi connectivity index (χ2v) is 7.94. The van der Waals surface area contributed by atoms with Crippen molar-refractivity contribution >= 4 is 11.6 Å². The van der Waals surface area contributed by atoms with E-state index in [2.05, 4.69) is 14.9 Å². The summed E-state index contributed by atoms with van der Waals surface area (Å²) in [6.45, 7) is 5.76. The minimum atomic E-state index is -0.0395. The van der Waals surface area contributed by atoms with Crippen LogP contribution >= 0.6 is 0 Å². The van der Waals surface area contributed by atoms with Crippen LogP contribution in [0.3, 0.4) is 0 Å². The van der Waals surface area contributed by atoms with Gasteiger partial charge >= 0.3 is 6.01 Å². The second-order valence-electron chi connectivity index (χ2n) is 7.94. The first-order valence-electron chi connectivity index (χ1n) is 10.2. The molecule has 2 heterocycles. The third kappa shape index (κ3) is 4.89. The molecule has 1 aromatic heterocycles. The SMILES string of the molecule is Cc1nc(OCC(=O)N(C)C2CCN(C3CCCCC3)CC2)nc(C)c1N. The smallest absolute Gasteiger partial charge is 0.317 e. The topological polar surface area (TPSA) is 84.6 Å². The number of piperidine rings is 1. The summed E-state index contributed by atoms with van der Waals surface area (Å²) in [6.07, 6.45) is 8.88. The number of ether oxygens (including phenoxy) is 1. The van der Waals surface area contributed by atoms with Gasteiger partial charge in [0.1, 0.15) is 0 Å². The van der Waals surface area contributed by atoms with Crippen LogP contribution in [0.5, 0.6) is 6.01 Å². The van der Waals surface area contributed by atoms with Gasteiger partial charge in [-0.25, -0.2) is 0 Å². The Morgan fingerprint density at radius 3 is 2.30 bits per heavy atom. The molecule has 0 aromatic carbocycles. The van der Waals surface area contributed by atoms with Gasteiger partial charge in [-0.3, -0.25) is 4.79 Å². The molecule has 2 fully saturated rings. The molecule has 1 aliphatic carbocycles. The number of likely N-dealkylation sites (tertiary alicyclic amines) is 1. The van der Waals surface area contributed by atoms with Gasteiger partial charge in [-0.2, -0.15) is 9.97 Å². The van der Waals surface area contributed by atoms with Crippen molar-refractivity contribution in [2.45, 2.75) is 70.9 Å². The van der Waals surface area contributed by atoms with Gasteiger partial charge in [0.25, 0.3) is 5.91 Å². The molecule has 0 spiro atoms. The molecule has 150 valence electrons. The lowest BCUT2D eigenvalue weighted by molar-refractivity contribution is -0.135. The number of nitrogen functional groups attached to an aromatic ring is 1. The molecule has 1 aliphatic heterocycles. The van der Waals surface area contributed by atoms with Gasteiger partial charge in [0, 0.05) is 32.2 Å². The first-order valence-corrected chi connectivity index (χ1v) is 10.2. The van der Waals surface area contributed by atoms with Crippen molar-refractivity contribution in [1.82, 2.24) is 19.8 Å². The highest BCUT2D eigenvalue weighted by atomic mass is 16.5. The first-order chi connectivity index (χ1) is 13.0. The number of carbonyl (C=O) groups excluding carboxylic acids is 1. The van der Waals surface area contributed by atoms with Crippen LogP contribution in [0.4, 0.5) is 5.69 Å². The Balaban J connectivity index is 1.46. The van der Waals surface area contributed by atoms with E-state index in [1.165, 1.54) is 32.1 Å². The van der Waals surface area contributed by atoms with Crippen LogP contribution in [-0.4, -0.2) is 64.5 Å². The fourth-order valence-electron chi connectivity index (χ4n) is 4.27. The summed E-state index contributed by atoms with van der Waals surface area (Å²) in [5.74, 6) is -0.0261. The number of nitrogens with two attached hydrogens (primary N) is 1. The molecule has 1 aromatic rings. The standard InChI is InChI=1S/C20H33N5O2/c1-14-19(21)15(2)23-20(22-14)27-13-18(26)24(3)16-9-11-25(12-10-16)17-7-5-4-6-8-17/h16-17H,4-13,21H2,1-3H3. The molecule has 27 heavy (non-hydrogen) atoms. The highest BCUT2D eigenvalue weighted by Crippen LogP contribution is 2.26. The van der Waals surface area contributed by atoms with Crippen LogP contribution < -0.4 is 10.5 Å². The third-order valence-corrected chi connectivity index (χ3v) is 6.16. The number of hydrogen-bond acceptors (Lipinski definition) is 6. The van der Waals surface area contributed by atoms with Crippen molar-refractivity contribution in [2.75, 3.05) is 32.5 Å². The molecule has 0 unspecified atom stereocenters. The van der Waals surface area contributed by atoms with E-state index in [-0.39, 0.29) is 24.6 Å². The average molecular weight is 376 g/mol. The lowest BCUT2D eigenvalue weighted by atomic mass is 9.92. The van der Waals surface area contributed by atoms with Gasteiger partial charge in [0.2, 0.25) is 0 Å². The number of aromatic nitrogens is 2. The van der Waals surface area contributed by atoms with Crippen LogP contribution in [0, 0.1) is 13.8 Å². The van der Waals surface area contributed by atoms with Crippen LogP contribution in [0.2, 0.25) is 0 Å². The molecule has 0 radical (unpaired) electrons. The largest absolute Gasteiger partial charge is 0.453 e. The van der Waals surface area contributed by atoms with Gasteiger partial charge in [-0.1, -0.05) is 19.3 Å². The van der Waals surface area contributed by atoms with Crippen LogP contribution in [0.25, 0.3) is 0 Å². The molecule has 3 rings (SSSR count). The van der Waals surface area contributed by atoms with Crippen LogP contribution in [0.1, 0.15) is 56.3 Å². The van der Waals surface area contributed by atoms with Gasteiger partial charge in [0.15, 0.2) is 6.61 Å². The lowest BCUT2D eigenvalue weighted by Crippen LogP contribution is -2.49. The number of likely N-dealkylation sites (N-methyl/N-ethyl adjacent to an activating group) is 1. The highest BCUT2D eigenvalue weighted by Gasteiger charge is 2.29. The van der Waals surface area contributed by atoms with E-state index in [0.717, 1.165) is 32.0 Å². The maximum Gasteiger partial charge on any atom is 0.317 e. The van der Waals surface area contributed by atoms with E-state index in [0.29, 0.717) is 17.1 Å². The molecule has 0 atom stereocenters. The van der Waals surface area contributed by atoms with Gasteiger partial charge < -0.3 is 20.3 Å². The average Bonchev–Trinajstić information content (AvgIpc) is 2.70. The molecular weight excluding hydrogens is 342 g/mol. The Kier molecular flexibility index (Phi) is 6.52. The van der Waals surface area contributed by atoms with Crippen molar-refractivity contribution in [2.24, 2.45) is 0 Å². The Labute approximate surface area is 162 Å². The first kappa shape index (κ1) is 19.9. The molecule has 2 N–H and O–H groups in total. The van der Waals surface area contributed by atoms with E-state index < -0.39 is 0 Å². The van der Waals surface area contributed by atoms with Crippen molar-refractivity contribution in [3.05, 3.63) is 11.4 Å². The minimum absolute atomic E-state index is 0.0261. The summed E-state index contributed by atoms with van der Waals surface area (Å²) < 4.78 is 5.53. The zero-order valence-electron chi connectivity index (χ0n) is 16.9. The quantitative estimate of drug-likeness (QED) is 0.850. The van der Waals surface area contributed by atoms with Gasteiger partial charge in [-0.05, 0) is 39.5 Å². The molecule has 2 aliphatic rings. The maximum atomic E-state index is 12.5. The fraction of sp³-hybridized carbons (Fsp3) is 0.750. The van der Waals surface area contributed by atoms with Crippen molar-refractivity contribution in [3.8, 4) is 6.01 Å². The summed E-state index contributed by atoms with van der Waals surface area (Å²) in [5, 5.41) is 0. The predicted molar refractivity (Wildman–Crippen MR) is 106 cm³/mol. The number of hydrogen-bond donors (Lipinski definition) is 1. The van der Waals surface area contributed by atoms with E-state index in [4.69, 9.17) is 10.5 Å². The van der Waals surface area contributed by atoms with Crippen molar-refractivity contribution in [1.29, 1.82) is 0 Å². The van der Waals surface area contributed by atoms with Crippen molar-refractivity contribution in [3.63, 3.8) is 0 Å². The van der Waals surface area contributed by atoms with Gasteiger partial charge in [-0.15, -0.1) is 0 Å². The van der Waals surface area contributed by atoms with Gasteiger partial charge in [0.05, 0.1) is 17.1 Å². The lowest BCUT2D eigenvalue weighted by Gasteiger charge is -2.41. The molecular formula is C20H33N5O2.